The van der Waals surface area contributed by atoms with Crippen LogP contribution in [0.3, 0.4) is 0 Å². The molecule has 110 valence electrons. The molecule has 1 fully saturated rings. The fourth-order valence-electron chi connectivity index (χ4n) is 2.96. The van der Waals surface area contributed by atoms with E-state index in [0.29, 0.717) is 5.75 Å². The summed E-state index contributed by atoms with van der Waals surface area (Å²) in [4.78, 5) is 11.6. The number of ether oxygens (including phenoxy) is 1. The number of anilines is 1. The molecule has 4 nitrogen and oxygen atoms in total. The third-order valence-corrected chi connectivity index (χ3v) is 4.06. The summed E-state index contributed by atoms with van der Waals surface area (Å²) >= 11 is 0. The standard InChI is InChI=1S/C16H23NO3/c1-20-14-11-7-6-10-13(14)17-15(16(18)19)12-8-4-2-3-5-9-12/h6-7,10-12,15,17H,2-5,8-9H2,1H3,(H,18,19). The van der Waals surface area contributed by atoms with Crippen LogP contribution >= 0.6 is 0 Å². The van der Waals surface area contributed by atoms with E-state index in [-0.39, 0.29) is 5.92 Å². The number of benzene rings is 1. The smallest absolute Gasteiger partial charge is 0.326 e. The molecule has 0 radical (unpaired) electrons. The van der Waals surface area contributed by atoms with E-state index in [9.17, 15) is 9.90 Å². The molecule has 0 aromatic heterocycles. The molecule has 0 saturated heterocycles. The van der Waals surface area contributed by atoms with Crippen molar-refractivity contribution in [1.29, 1.82) is 0 Å². The van der Waals surface area contributed by atoms with Crippen molar-refractivity contribution in [3.8, 4) is 5.75 Å². The van der Waals surface area contributed by atoms with Crippen molar-refractivity contribution in [3.05, 3.63) is 24.3 Å². The molecule has 1 aliphatic carbocycles. The van der Waals surface area contributed by atoms with E-state index in [2.05, 4.69) is 5.32 Å². The van der Waals surface area contributed by atoms with Gasteiger partial charge in [0, 0.05) is 0 Å². The highest BCUT2D eigenvalue weighted by Crippen LogP contribution is 2.30. The molecule has 2 rings (SSSR count). The summed E-state index contributed by atoms with van der Waals surface area (Å²) in [6, 6.07) is 6.94. The van der Waals surface area contributed by atoms with Crippen LogP contribution in [0.25, 0.3) is 0 Å². The van der Waals surface area contributed by atoms with Gasteiger partial charge in [0.2, 0.25) is 0 Å². The Balaban J connectivity index is 2.14. The van der Waals surface area contributed by atoms with Gasteiger partial charge in [-0.25, -0.2) is 4.79 Å². The molecule has 0 bridgehead atoms. The Kier molecular flexibility index (Phi) is 5.27. The second-order valence-corrected chi connectivity index (χ2v) is 5.41. The van der Waals surface area contributed by atoms with Crippen molar-refractivity contribution in [1.82, 2.24) is 0 Å². The average molecular weight is 277 g/mol. The minimum absolute atomic E-state index is 0.194. The molecule has 0 heterocycles. The fourth-order valence-corrected chi connectivity index (χ4v) is 2.96. The van der Waals surface area contributed by atoms with Crippen molar-refractivity contribution < 1.29 is 14.6 Å². The number of methoxy groups -OCH3 is 1. The predicted octanol–water partition coefficient (Wildman–Crippen LogP) is 3.53. The molecule has 1 aromatic carbocycles. The maximum atomic E-state index is 11.6. The molecule has 4 heteroatoms. The minimum atomic E-state index is -0.775. The van der Waals surface area contributed by atoms with Crippen molar-refractivity contribution >= 4 is 11.7 Å². The number of aliphatic carboxylic acids is 1. The molecule has 1 atom stereocenters. The Labute approximate surface area is 120 Å². The number of hydrogen-bond donors (Lipinski definition) is 2. The highest BCUT2D eigenvalue weighted by atomic mass is 16.5. The summed E-state index contributed by atoms with van der Waals surface area (Å²) in [5.41, 5.74) is 0.756. The average Bonchev–Trinajstić information content (AvgIpc) is 2.73. The van der Waals surface area contributed by atoms with Gasteiger partial charge in [-0.15, -0.1) is 0 Å². The van der Waals surface area contributed by atoms with E-state index < -0.39 is 12.0 Å². The molecular formula is C16H23NO3. The molecule has 0 amide bonds. The fraction of sp³-hybridized carbons (Fsp3) is 0.562. The van der Waals surface area contributed by atoms with Crippen LogP contribution in [0.2, 0.25) is 0 Å². The molecule has 1 aliphatic rings. The van der Waals surface area contributed by atoms with Crippen LogP contribution in [0, 0.1) is 5.92 Å². The minimum Gasteiger partial charge on any atom is -0.495 e. The summed E-state index contributed by atoms with van der Waals surface area (Å²) in [5, 5.41) is 12.7. The van der Waals surface area contributed by atoms with Gasteiger partial charge in [-0.2, -0.15) is 0 Å². The normalized spacial score (nSPS) is 18.1. The second kappa shape index (κ2) is 7.17. The van der Waals surface area contributed by atoms with Crippen LogP contribution in [0.5, 0.6) is 5.75 Å². The lowest BCUT2D eigenvalue weighted by Crippen LogP contribution is -2.37. The van der Waals surface area contributed by atoms with Crippen molar-refractivity contribution in [2.75, 3.05) is 12.4 Å². The van der Waals surface area contributed by atoms with Gasteiger partial charge in [-0.05, 0) is 30.9 Å². The van der Waals surface area contributed by atoms with Crippen LogP contribution in [0.15, 0.2) is 24.3 Å². The number of carbonyl (C=O) groups is 1. The molecular weight excluding hydrogens is 254 g/mol. The number of carboxylic acids is 1. The van der Waals surface area contributed by atoms with Gasteiger partial charge in [0.25, 0.3) is 0 Å². The van der Waals surface area contributed by atoms with Crippen LogP contribution in [0.1, 0.15) is 38.5 Å². The van der Waals surface area contributed by atoms with Gasteiger partial charge < -0.3 is 15.2 Å². The number of para-hydroxylation sites is 2. The first kappa shape index (κ1) is 14.7. The van der Waals surface area contributed by atoms with Crippen LogP contribution in [-0.2, 0) is 4.79 Å². The van der Waals surface area contributed by atoms with Gasteiger partial charge >= 0.3 is 5.97 Å². The molecule has 0 aliphatic heterocycles. The Morgan fingerprint density at radius 2 is 1.90 bits per heavy atom. The third kappa shape index (κ3) is 3.65. The SMILES string of the molecule is COc1ccccc1NC(C(=O)O)C1CCCCCC1. The van der Waals surface area contributed by atoms with Gasteiger partial charge in [0.05, 0.1) is 12.8 Å². The second-order valence-electron chi connectivity index (χ2n) is 5.41. The number of carboxylic acid groups (broad SMARTS) is 1. The highest BCUT2D eigenvalue weighted by molar-refractivity contribution is 5.78. The topological polar surface area (TPSA) is 58.6 Å². The Hall–Kier alpha value is -1.71. The summed E-state index contributed by atoms with van der Waals surface area (Å²) in [5.74, 6) is 0.107. The monoisotopic (exact) mass is 277 g/mol. The molecule has 0 spiro atoms. The van der Waals surface area contributed by atoms with Crippen LogP contribution < -0.4 is 10.1 Å². The lowest BCUT2D eigenvalue weighted by atomic mass is 9.91. The number of nitrogens with one attached hydrogen (secondary N) is 1. The van der Waals surface area contributed by atoms with Gasteiger partial charge in [0.1, 0.15) is 11.8 Å². The molecule has 1 aromatic rings. The highest BCUT2D eigenvalue weighted by Gasteiger charge is 2.29. The Morgan fingerprint density at radius 1 is 1.25 bits per heavy atom. The van der Waals surface area contributed by atoms with Gasteiger partial charge in [-0.1, -0.05) is 37.8 Å². The third-order valence-electron chi connectivity index (χ3n) is 4.06. The predicted molar refractivity (Wildman–Crippen MR) is 79.2 cm³/mol. The largest absolute Gasteiger partial charge is 0.495 e. The maximum Gasteiger partial charge on any atom is 0.326 e. The quantitative estimate of drug-likeness (QED) is 0.808. The zero-order valence-corrected chi connectivity index (χ0v) is 12.0. The first-order chi connectivity index (χ1) is 9.72. The summed E-state index contributed by atoms with van der Waals surface area (Å²) in [6.45, 7) is 0. The van der Waals surface area contributed by atoms with Crippen molar-refractivity contribution in [3.63, 3.8) is 0 Å². The zero-order valence-electron chi connectivity index (χ0n) is 12.0. The molecule has 1 saturated carbocycles. The summed E-state index contributed by atoms with van der Waals surface area (Å²) in [6.07, 6.45) is 6.66. The Bertz CT molecular complexity index is 439. The van der Waals surface area contributed by atoms with E-state index >= 15 is 0 Å². The zero-order chi connectivity index (χ0) is 14.4. The Morgan fingerprint density at radius 3 is 2.50 bits per heavy atom. The lowest BCUT2D eigenvalue weighted by Gasteiger charge is -2.25. The van der Waals surface area contributed by atoms with Crippen molar-refractivity contribution in [2.45, 2.75) is 44.6 Å². The van der Waals surface area contributed by atoms with Crippen molar-refractivity contribution in [2.24, 2.45) is 5.92 Å². The first-order valence-corrected chi connectivity index (χ1v) is 7.34. The first-order valence-electron chi connectivity index (χ1n) is 7.34. The summed E-state index contributed by atoms with van der Waals surface area (Å²) < 4.78 is 5.28. The lowest BCUT2D eigenvalue weighted by molar-refractivity contribution is -0.139. The summed E-state index contributed by atoms with van der Waals surface area (Å²) in [7, 11) is 1.60. The molecule has 2 N–H and O–H groups in total. The van der Waals surface area contributed by atoms with E-state index in [1.807, 2.05) is 24.3 Å². The number of rotatable bonds is 5. The van der Waals surface area contributed by atoms with Crippen LogP contribution in [-0.4, -0.2) is 24.2 Å². The molecule has 20 heavy (non-hydrogen) atoms. The van der Waals surface area contributed by atoms with Gasteiger partial charge in [-0.3, -0.25) is 0 Å². The van der Waals surface area contributed by atoms with E-state index in [1.54, 1.807) is 7.11 Å². The molecule has 1 unspecified atom stereocenters. The van der Waals surface area contributed by atoms with E-state index in [4.69, 9.17) is 4.74 Å². The number of hydrogen-bond acceptors (Lipinski definition) is 3. The maximum absolute atomic E-state index is 11.6. The van der Waals surface area contributed by atoms with Crippen LogP contribution in [0.4, 0.5) is 5.69 Å². The van der Waals surface area contributed by atoms with E-state index in [0.717, 1.165) is 31.4 Å². The van der Waals surface area contributed by atoms with E-state index in [1.165, 1.54) is 12.8 Å². The van der Waals surface area contributed by atoms with Gasteiger partial charge in [0.15, 0.2) is 0 Å².